The fourth-order valence-corrected chi connectivity index (χ4v) is 3.11. The number of hydrogen-bond acceptors (Lipinski definition) is 5. The summed E-state index contributed by atoms with van der Waals surface area (Å²) in [6.07, 6.45) is 4.80. The van der Waals surface area contributed by atoms with Crippen molar-refractivity contribution in [3.05, 3.63) is 90.9 Å². The largest absolute Gasteiger partial charge is 0.497 e. The summed E-state index contributed by atoms with van der Waals surface area (Å²) in [6, 6.07) is 20.2. The SMILES string of the molecule is COc1ccc(-c2nn(-c3ccccc3)cc2C(=O)NCC(=O)Nc2cccnc2)cc1. The number of nitrogens with one attached hydrogen (secondary N) is 2. The topological polar surface area (TPSA) is 98.1 Å². The molecule has 0 unspecified atom stereocenters. The predicted molar refractivity (Wildman–Crippen MR) is 121 cm³/mol. The molecule has 0 radical (unpaired) electrons. The zero-order valence-corrected chi connectivity index (χ0v) is 17.4. The zero-order chi connectivity index (χ0) is 22.3. The first-order chi connectivity index (χ1) is 15.6. The van der Waals surface area contributed by atoms with Crippen LogP contribution in [0.25, 0.3) is 16.9 Å². The first-order valence-electron chi connectivity index (χ1n) is 9.91. The van der Waals surface area contributed by atoms with Gasteiger partial charge >= 0.3 is 0 Å². The third-order valence-corrected chi connectivity index (χ3v) is 4.70. The van der Waals surface area contributed by atoms with Crippen LogP contribution in [-0.4, -0.2) is 40.2 Å². The molecule has 160 valence electrons. The molecule has 0 saturated carbocycles. The van der Waals surface area contributed by atoms with E-state index in [-0.39, 0.29) is 12.5 Å². The number of carbonyl (C=O) groups excluding carboxylic acids is 2. The number of anilines is 1. The molecule has 4 aromatic rings. The lowest BCUT2D eigenvalue weighted by Gasteiger charge is -2.07. The molecule has 0 aliphatic carbocycles. The highest BCUT2D eigenvalue weighted by Crippen LogP contribution is 2.26. The van der Waals surface area contributed by atoms with Crippen molar-refractivity contribution in [2.24, 2.45) is 0 Å². The number of methoxy groups -OCH3 is 1. The Morgan fingerprint density at radius 2 is 1.78 bits per heavy atom. The average molecular weight is 427 g/mol. The standard InChI is InChI=1S/C24H21N5O3/c1-32-20-11-9-17(10-12-20)23-21(16-29(28-23)19-7-3-2-4-8-19)24(31)26-15-22(30)27-18-6-5-13-25-14-18/h2-14,16H,15H2,1H3,(H,26,31)(H,27,30). The number of ether oxygens (including phenoxy) is 1. The van der Waals surface area contributed by atoms with E-state index in [2.05, 4.69) is 20.7 Å². The van der Waals surface area contributed by atoms with Gasteiger partial charge in [-0.2, -0.15) is 5.10 Å². The molecule has 2 amide bonds. The maximum Gasteiger partial charge on any atom is 0.255 e. The highest BCUT2D eigenvalue weighted by atomic mass is 16.5. The molecule has 2 aromatic carbocycles. The lowest BCUT2D eigenvalue weighted by molar-refractivity contribution is -0.115. The van der Waals surface area contributed by atoms with E-state index in [0.29, 0.717) is 22.7 Å². The van der Waals surface area contributed by atoms with Gasteiger partial charge in [-0.25, -0.2) is 4.68 Å². The Morgan fingerprint density at radius 3 is 2.47 bits per heavy atom. The summed E-state index contributed by atoms with van der Waals surface area (Å²) in [5.74, 6) is -0.0542. The number of aromatic nitrogens is 3. The quantitative estimate of drug-likeness (QED) is 0.472. The molecule has 0 aliphatic heterocycles. The molecule has 0 atom stereocenters. The maximum absolute atomic E-state index is 13.0. The molecule has 4 rings (SSSR count). The number of pyridine rings is 1. The van der Waals surface area contributed by atoms with Crippen molar-refractivity contribution in [2.45, 2.75) is 0 Å². The smallest absolute Gasteiger partial charge is 0.255 e. The van der Waals surface area contributed by atoms with Crippen molar-refractivity contribution in [1.82, 2.24) is 20.1 Å². The minimum atomic E-state index is -0.403. The van der Waals surface area contributed by atoms with E-state index < -0.39 is 5.91 Å². The van der Waals surface area contributed by atoms with Crippen molar-refractivity contribution in [3.63, 3.8) is 0 Å². The molecule has 32 heavy (non-hydrogen) atoms. The molecule has 8 nitrogen and oxygen atoms in total. The monoisotopic (exact) mass is 427 g/mol. The van der Waals surface area contributed by atoms with Gasteiger partial charge in [-0.1, -0.05) is 18.2 Å². The Kier molecular flexibility index (Phi) is 6.22. The van der Waals surface area contributed by atoms with Gasteiger partial charge in [-0.05, 0) is 48.5 Å². The minimum absolute atomic E-state index is 0.188. The first kappa shape index (κ1) is 20.8. The van der Waals surface area contributed by atoms with Gasteiger partial charge in [0.15, 0.2) is 0 Å². The van der Waals surface area contributed by atoms with Crippen LogP contribution in [0.2, 0.25) is 0 Å². The fraction of sp³-hybridized carbons (Fsp3) is 0.0833. The predicted octanol–water partition coefficient (Wildman–Crippen LogP) is 3.31. The van der Waals surface area contributed by atoms with Gasteiger partial charge in [-0.15, -0.1) is 0 Å². The van der Waals surface area contributed by atoms with E-state index in [9.17, 15) is 9.59 Å². The number of rotatable bonds is 7. The van der Waals surface area contributed by atoms with E-state index >= 15 is 0 Å². The third kappa shape index (κ3) is 4.81. The van der Waals surface area contributed by atoms with Crippen LogP contribution in [0.3, 0.4) is 0 Å². The van der Waals surface area contributed by atoms with Crippen LogP contribution in [0, 0.1) is 0 Å². The fourth-order valence-electron chi connectivity index (χ4n) is 3.11. The van der Waals surface area contributed by atoms with E-state index in [4.69, 9.17) is 4.74 Å². The molecule has 0 aliphatic rings. The van der Waals surface area contributed by atoms with Crippen LogP contribution in [0.15, 0.2) is 85.3 Å². The Labute approximate surface area is 184 Å². The van der Waals surface area contributed by atoms with Gasteiger partial charge in [0.05, 0.1) is 36.8 Å². The molecule has 8 heteroatoms. The van der Waals surface area contributed by atoms with Crippen LogP contribution in [0.5, 0.6) is 5.75 Å². The van der Waals surface area contributed by atoms with Crippen LogP contribution in [0.1, 0.15) is 10.4 Å². The van der Waals surface area contributed by atoms with Gasteiger partial charge < -0.3 is 15.4 Å². The van der Waals surface area contributed by atoms with Crippen LogP contribution >= 0.6 is 0 Å². The van der Waals surface area contributed by atoms with Crippen LogP contribution in [-0.2, 0) is 4.79 Å². The molecule has 0 saturated heterocycles. The number of amides is 2. The van der Waals surface area contributed by atoms with E-state index in [1.807, 2.05) is 42.5 Å². The summed E-state index contributed by atoms with van der Waals surface area (Å²) in [5, 5.41) is 9.98. The number of nitrogens with zero attached hydrogens (tertiary/aromatic N) is 3. The summed E-state index contributed by atoms with van der Waals surface area (Å²) in [7, 11) is 1.59. The maximum atomic E-state index is 13.0. The number of carbonyl (C=O) groups is 2. The lowest BCUT2D eigenvalue weighted by atomic mass is 10.1. The molecule has 0 fully saturated rings. The molecular formula is C24H21N5O3. The van der Waals surface area contributed by atoms with E-state index in [1.165, 1.54) is 6.20 Å². The summed E-state index contributed by atoms with van der Waals surface area (Å²) in [5.41, 5.74) is 2.98. The Balaban J connectivity index is 1.57. The van der Waals surface area contributed by atoms with E-state index in [1.54, 1.807) is 48.5 Å². The van der Waals surface area contributed by atoms with Crippen LogP contribution < -0.4 is 15.4 Å². The van der Waals surface area contributed by atoms with Gasteiger partial charge in [-0.3, -0.25) is 14.6 Å². The Hall–Kier alpha value is -4.46. The summed E-state index contributed by atoms with van der Waals surface area (Å²) >= 11 is 0. The normalized spacial score (nSPS) is 10.4. The van der Waals surface area contributed by atoms with Crippen molar-refractivity contribution < 1.29 is 14.3 Å². The second kappa shape index (κ2) is 9.57. The summed E-state index contributed by atoms with van der Waals surface area (Å²) in [4.78, 5) is 29.1. The van der Waals surface area contributed by atoms with Gasteiger partial charge in [0, 0.05) is 18.0 Å². The van der Waals surface area contributed by atoms with Crippen molar-refractivity contribution in [2.75, 3.05) is 19.0 Å². The average Bonchev–Trinajstić information content (AvgIpc) is 3.29. The third-order valence-electron chi connectivity index (χ3n) is 4.70. The van der Waals surface area contributed by atoms with Crippen molar-refractivity contribution >= 4 is 17.5 Å². The second-order valence-electron chi connectivity index (χ2n) is 6.87. The van der Waals surface area contributed by atoms with Gasteiger partial charge in [0.25, 0.3) is 5.91 Å². The molecule has 0 spiro atoms. The number of para-hydroxylation sites is 1. The van der Waals surface area contributed by atoms with Crippen LogP contribution in [0.4, 0.5) is 5.69 Å². The molecule has 0 bridgehead atoms. The number of hydrogen-bond donors (Lipinski definition) is 2. The van der Waals surface area contributed by atoms with Crippen molar-refractivity contribution in [3.8, 4) is 22.7 Å². The zero-order valence-electron chi connectivity index (χ0n) is 17.4. The highest BCUT2D eigenvalue weighted by Gasteiger charge is 2.19. The summed E-state index contributed by atoms with van der Waals surface area (Å²) < 4.78 is 6.86. The highest BCUT2D eigenvalue weighted by molar-refractivity contribution is 6.02. The van der Waals surface area contributed by atoms with Crippen molar-refractivity contribution in [1.29, 1.82) is 0 Å². The molecule has 2 N–H and O–H groups in total. The minimum Gasteiger partial charge on any atom is -0.497 e. The first-order valence-corrected chi connectivity index (χ1v) is 9.91. The molecule has 2 aromatic heterocycles. The van der Waals surface area contributed by atoms with Gasteiger partial charge in [0.2, 0.25) is 5.91 Å². The Bertz CT molecular complexity index is 1210. The van der Waals surface area contributed by atoms with E-state index in [0.717, 1.165) is 11.3 Å². The summed E-state index contributed by atoms with van der Waals surface area (Å²) in [6.45, 7) is -0.188. The lowest BCUT2D eigenvalue weighted by Crippen LogP contribution is -2.33. The Morgan fingerprint density at radius 1 is 1.00 bits per heavy atom. The molecule has 2 heterocycles. The second-order valence-corrected chi connectivity index (χ2v) is 6.87. The number of benzene rings is 2. The van der Waals surface area contributed by atoms with Gasteiger partial charge in [0.1, 0.15) is 11.4 Å². The molecular weight excluding hydrogens is 406 g/mol.